The van der Waals surface area contributed by atoms with Crippen LogP contribution in [-0.4, -0.2) is 30.1 Å². The summed E-state index contributed by atoms with van der Waals surface area (Å²) in [5.74, 6) is 2.72. The van der Waals surface area contributed by atoms with Crippen molar-refractivity contribution in [3.05, 3.63) is 66.1 Å². The van der Waals surface area contributed by atoms with Crippen LogP contribution in [0.3, 0.4) is 0 Å². The Morgan fingerprint density at radius 2 is 1.74 bits per heavy atom. The van der Waals surface area contributed by atoms with E-state index in [0.29, 0.717) is 40.4 Å². The fourth-order valence-electron chi connectivity index (χ4n) is 3.28. The molecule has 4 aromatic rings. The summed E-state index contributed by atoms with van der Waals surface area (Å²) >= 11 is 0. The number of methoxy groups -OCH3 is 2. The molecule has 1 aromatic carbocycles. The molecular formula is C23H21N3O5. The number of nitrogens with one attached hydrogen (secondary N) is 1. The minimum Gasteiger partial charge on any atom is -0.493 e. The maximum absolute atomic E-state index is 12.8. The Kier molecular flexibility index (Phi) is 5.70. The molecular weight excluding hydrogens is 398 g/mol. The van der Waals surface area contributed by atoms with Gasteiger partial charge in [0, 0.05) is 6.07 Å². The summed E-state index contributed by atoms with van der Waals surface area (Å²) in [6, 6.07) is 12.4. The van der Waals surface area contributed by atoms with Crippen molar-refractivity contribution < 1.29 is 23.1 Å². The third kappa shape index (κ3) is 4.42. The van der Waals surface area contributed by atoms with Crippen molar-refractivity contribution in [3.63, 3.8) is 0 Å². The van der Waals surface area contributed by atoms with Crippen LogP contribution in [0.1, 0.15) is 11.1 Å². The van der Waals surface area contributed by atoms with Gasteiger partial charge in [-0.2, -0.15) is 0 Å². The third-order valence-corrected chi connectivity index (χ3v) is 4.60. The highest BCUT2D eigenvalue weighted by molar-refractivity contribution is 5.92. The highest BCUT2D eigenvalue weighted by Crippen LogP contribution is 2.32. The van der Waals surface area contributed by atoms with Crippen LogP contribution in [0.4, 0.5) is 5.82 Å². The fourth-order valence-corrected chi connectivity index (χ4v) is 3.28. The van der Waals surface area contributed by atoms with Gasteiger partial charge in [-0.15, -0.1) is 0 Å². The predicted molar refractivity (Wildman–Crippen MR) is 114 cm³/mol. The molecule has 0 atom stereocenters. The number of anilines is 1. The van der Waals surface area contributed by atoms with Crippen molar-refractivity contribution in [1.29, 1.82) is 0 Å². The Labute approximate surface area is 178 Å². The van der Waals surface area contributed by atoms with E-state index in [1.165, 1.54) is 6.26 Å². The molecule has 3 heterocycles. The van der Waals surface area contributed by atoms with Gasteiger partial charge in [-0.1, -0.05) is 6.07 Å². The predicted octanol–water partition coefficient (Wildman–Crippen LogP) is 4.50. The zero-order valence-electron chi connectivity index (χ0n) is 17.3. The third-order valence-electron chi connectivity index (χ3n) is 4.60. The van der Waals surface area contributed by atoms with Crippen LogP contribution in [0, 0.1) is 6.92 Å². The van der Waals surface area contributed by atoms with Gasteiger partial charge in [0.15, 0.2) is 28.8 Å². The number of nitrogens with zero attached hydrogens (tertiary/aromatic N) is 2. The number of rotatable bonds is 7. The molecule has 0 bridgehead atoms. The Morgan fingerprint density at radius 1 is 1.00 bits per heavy atom. The van der Waals surface area contributed by atoms with Gasteiger partial charge in [0.05, 0.1) is 33.2 Å². The molecule has 0 aliphatic heterocycles. The quantitative estimate of drug-likeness (QED) is 0.471. The lowest BCUT2D eigenvalue weighted by molar-refractivity contribution is -0.115. The molecule has 31 heavy (non-hydrogen) atoms. The number of aryl methyl sites for hydroxylation is 1. The number of hydrogen-bond donors (Lipinski definition) is 1. The number of carbonyl (C=O) groups excluding carboxylic acids is 1. The number of benzene rings is 1. The lowest BCUT2D eigenvalue weighted by Crippen LogP contribution is -2.16. The second-order valence-corrected chi connectivity index (χ2v) is 6.79. The van der Waals surface area contributed by atoms with Gasteiger partial charge in [-0.25, -0.2) is 9.97 Å². The first kappa shape index (κ1) is 20.2. The van der Waals surface area contributed by atoms with Crippen molar-refractivity contribution in [3.8, 4) is 34.5 Å². The number of ether oxygens (including phenoxy) is 2. The average molecular weight is 419 g/mol. The van der Waals surface area contributed by atoms with Gasteiger partial charge in [0.25, 0.3) is 0 Å². The van der Waals surface area contributed by atoms with E-state index in [1.54, 1.807) is 56.9 Å². The molecule has 0 saturated heterocycles. The molecule has 0 unspecified atom stereocenters. The first-order valence-corrected chi connectivity index (χ1v) is 9.55. The highest BCUT2D eigenvalue weighted by Gasteiger charge is 2.15. The summed E-state index contributed by atoms with van der Waals surface area (Å²) in [6.07, 6.45) is 3.23. The highest BCUT2D eigenvalue weighted by atomic mass is 16.5. The smallest absolute Gasteiger partial charge is 0.229 e. The minimum atomic E-state index is -0.235. The van der Waals surface area contributed by atoms with Gasteiger partial charge < -0.3 is 23.6 Å². The number of hydrogen-bond acceptors (Lipinski definition) is 7. The van der Waals surface area contributed by atoms with Crippen molar-refractivity contribution in [2.45, 2.75) is 13.3 Å². The first-order valence-electron chi connectivity index (χ1n) is 9.55. The van der Waals surface area contributed by atoms with E-state index in [2.05, 4.69) is 15.3 Å². The first-order chi connectivity index (χ1) is 15.1. The molecule has 4 rings (SSSR count). The summed E-state index contributed by atoms with van der Waals surface area (Å²) in [4.78, 5) is 21.7. The molecule has 8 nitrogen and oxygen atoms in total. The number of amides is 1. The van der Waals surface area contributed by atoms with Crippen molar-refractivity contribution >= 4 is 11.7 Å². The maximum Gasteiger partial charge on any atom is 0.229 e. The molecule has 0 saturated carbocycles. The normalized spacial score (nSPS) is 10.7. The van der Waals surface area contributed by atoms with Crippen molar-refractivity contribution in [2.75, 3.05) is 19.5 Å². The molecule has 1 amide bonds. The second kappa shape index (κ2) is 8.74. The lowest BCUT2D eigenvalue weighted by atomic mass is 10.1. The number of furan rings is 2. The van der Waals surface area contributed by atoms with Crippen LogP contribution in [0.15, 0.2) is 63.8 Å². The zero-order valence-corrected chi connectivity index (χ0v) is 17.3. The molecule has 0 spiro atoms. The van der Waals surface area contributed by atoms with Gasteiger partial charge in [0.1, 0.15) is 11.5 Å². The van der Waals surface area contributed by atoms with Crippen LogP contribution in [0.2, 0.25) is 0 Å². The summed E-state index contributed by atoms with van der Waals surface area (Å²) in [7, 11) is 3.15. The Bertz CT molecular complexity index is 1130. The van der Waals surface area contributed by atoms with Gasteiger partial charge in [-0.05, 0) is 48.4 Å². The number of aromatic nitrogens is 2. The molecule has 0 radical (unpaired) electrons. The Morgan fingerprint density at radius 3 is 2.39 bits per heavy atom. The second-order valence-electron chi connectivity index (χ2n) is 6.79. The van der Waals surface area contributed by atoms with E-state index < -0.39 is 0 Å². The van der Waals surface area contributed by atoms with E-state index in [4.69, 9.17) is 18.3 Å². The van der Waals surface area contributed by atoms with E-state index in [9.17, 15) is 4.79 Å². The lowest BCUT2D eigenvalue weighted by Gasteiger charge is -2.13. The van der Waals surface area contributed by atoms with E-state index >= 15 is 0 Å². The van der Waals surface area contributed by atoms with Crippen LogP contribution >= 0.6 is 0 Å². The largest absolute Gasteiger partial charge is 0.493 e. The molecule has 0 aliphatic rings. The van der Waals surface area contributed by atoms with E-state index in [1.807, 2.05) is 13.0 Å². The van der Waals surface area contributed by atoms with E-state index in [0.717, 1.165) is 11.1 Å². The molecule has 1 N–H and O–H groups in total. The summed E-state index contributed by atoms with van der Waals surface area (Å²) in [6.45, 7) is 1.90. The molecule has 0 aliphatic carbocycles. The topological polar surface area (TPSA) is 99.6 Å². The zero-order chi connectivity index (χ0) is 21.8. The van der Waals surface area contributed by atoms with Crippen molar-refractivity contribution in [2.24, 2.45) is 0 Å². The number of carbonyl (C=O) groups is 1. The average Bonchev–Trinajstić information content (AvgIpc) is 3.47. The van der Waals surface area contributed by atoms with Gasteiger partial charge >= 0.3 is 0 Å². The van der Waals surface area contributed by atoms with Crippen molar-refractivity contribution in [1.82, 2.24) is 9.97 Å². The summed E-state index contributed by atoms with van der Waals surface area (Å²) < 4.78 is 21.6. The van der Waals surface area contributed by atoms with Crippen LogP contribution in [0.25, 0.3) is 23.0 Å². The molecule has 3 aromatic heterocycles. The Balaban J connectivity index is 1.60. The van der Waals surface area contributed by atoms with Gasteiger partial charge in [0.2, 0.25) is 5.91 Å². The molecule has 8 heteroatoms. The SMILES string of the molecule is COc1cc(CC(=O)Nc2cc(-c3ccco3)nc(-c3ccco3)n2)cc(C)c1OC. The molecule has 0 fully saturated rings. The molecule has 158 valence electrons. The van der Waals surface area contributed by atoms with Gasteiger partial charge in [-0.3, -0.25) is 4.79 Å². The Hall–Kier alpha value is -4.07. The van der Waals surface area contributed by atoms with Crippen LogP contribution in [-0.2, 0) is 11.2 Å². The van der Waals surface area contributed by atoms with E-state index in [-0.39, 0.29) is 12.3 Å². The van der Waals surface area contributed by atoms with Crippen LogP contribution in [0.5, 0.6) is 11.5 Å². The standard InChI is InChI=1S/C23H21N3O5/c1-14-10-15(11-19(28-2)22(14)29-3)12-21(27)25-20-13-16(17-6-4-8-30-17)24-23(26-20)18-7-5-9-31-18/h4-11,13H,12H2,1-3H3,(H,24,25,26,27). The monoisotopic (exact) mass is 419 g/mol. The fraction of sp³-hybridized carbons (Fsp3) is 0.174. The van der Waals surface area contributed by atoms with Crippen LogP contribution < -0.4 is 14.8 Å². The summed E-state index contributed by atoms with van der Waals surface area (Å²) in [5.41, 5.74) is 2.20. The summed E-state index contributed by atoms with van der Waals surface area (Å²) in [5, 5.41) is 2.84. The maximum atomic E-state index is 12.8. The minimum absolute atomic E-state index is 0.136.